The number of benzene rings is 3. The lowest BCUT2D eigenvalue weighted by Gasteiger charge is -2.35. The van der Waals surface area contributed by atoms with Crippen molar-refractivity contribution in [3.05, 3.63) is 106 Å². The fraction of sp³-hybridized carbons (Fsp3) is 0.185. The third-order valence-corrected chi connectivity index (χ3v) is 5.96. The molecule has 0 atom stereocenters. The highest BCUT2D eigenvalue weighted by atomic mass is 16.6. The van der Waals surface area contributed by atoms with Crippen molar-refractivity contribution in [1.29, 1.82) is 0 Å². The zero-order valence-corrected chi connectivity index (χ0v) is 19.4. The molecule has 0 unspecified atom stereocenters. The molecule has 1 saturated heterocycles. The molecule has 35 heavy (non-hydrogen) atoms. The molecule has 1 aliphatic rings. The van der Waals surface area contributed by atoms with Crippen molar-refractivity contribution in [1.82, 2.24) is 4.90 Å². The molecule has 178 valence electrons. The van der Waals surface area contributed by atoms with Crippen molar-refractivity contribution in [3.8, 4) is 0 Å². The van der Waals surface area contributed by atoms with Gasteiger partial charge in [-0.2, -0.15) is 0 Å². The number of rotatable bonds is 6. The smallest absolute Gasteiger partial charge is 0.272 e. The molecule has 8 nitrogen and oxygen atoms in total. The second-order valence-electron chi connectivity index (χ2n) is 8.32. The van der Waals surface area contributed by atoms with E-state index in [1.54, 1.807) is 13.0 Å². The number of carbonyl (C=O) groups excluding carboxylic acids is 2. The standard InChI is InChI=1S/C27H26N4O4/c1-20-19-22(8-13-25(20)31(34)35)27(33)28-23-9-11-24(12-10-23)29-15-17-30(18-16-29)26(32)14-7-21-5-3-2-4-6-21/h2-14,19H,15-18H2,1H3,(H,28,33)/b14-7+. The fourth-order valence-corrected chi connectivity index (χ4v) is 3.98. The summed E-state index contributed by atoms with van der Waals surface area (Å²) >= 11 is 0. The quantitative estimate of drug-likeness (QED) is 0.325. The Morgan fingerprint density at radius 3 is 2.26 bits per heavy atom. The maximum absolute atomic E-state index is 12.5. The fourth-order valence-electron chi connectivity index (χ4n) is 3.98. The minimum atomic E-state index is -0.465. The van der Waals surface area contributed by atoms with E-state index >= 15 is 0 Å². The Bertz CT molecular complexity index is 1250. The van der Waals surface area contributed by atoms with Crippen LogP contribution in [0.3, 0.4) is 0 Å². The number of hydrogen-bond acceptors (Lipinski definition) is 5. The largest absolute Gasteiger partial charge is 0.368 e. The molecule has 0 spiro atoms. The summed E-state index contributed by atoms with van der Waals surface area (Å²) in [4.78, 5) is 39.6. The summed E-state index contributed by atoms with van der Waals surface area (Å²) in [5.41, 5.74) is 3.43. The van der Waals surface area contributed by atoms with Gasteiger partial charge in [0.2, 0.25) is 5.91 Å². The van der Waals surface area contributed by atoms with Crippen LogP contribution in [0.15, 0.2) is 78.9 Å². The third-order valence-electron chi connectivity index (χ3n) is 5.96. The summed E-state index contributed by atoms with van der Waals surface area (Å²) in [5.74, 6) is -0.320. The molecule has 0 radical (unpaired) electrons. The van der Waals surface area contributed by atoms with Crippen molar-refractivity contribution in [2.75, 3.05) is 36.4 Å². The number of aryl methyl sites for hydroxylation is 1. The lowest BCUT2D eigenvalue weighted by molar-refractivity contribution is -0.385. The lowest BCUT2D eigenvalue weighted by Crippen LogP contribution is -2.48. The van der Waals surface area contributed by atoms with E-state index in [9.17, 15) is 19.7 Å². The topological polar surface area (TPSA) is 95.8 Å². The average molecular weight is 471 g/mol. The Morgan fingerprint density at radius 1 is 0.943 bits per heavy atom. The maximum atomic E-state index is 12.5. The Labute approximate surface area is 203 Å². The van der Waals surface area contributed by atoms with Crippen molar-refractivity contribution in [2.24, 2.45) is 0 Å². The summed E-state index contributed by atoms with van der Waals surface area (Å²) in [5, 5.41) is 13.8. The molecule has 0 aromatic heterocycles. The molecule has 0 saturated carbocycles. The zero-order chi connectivity index (χ0) is 24.8. The highest BCUT2D eigenvalue weighted by Gasteiger charge is 2.20. The molecule has 2 amide bonds. The highest BCUT2D eigenvalue weighted by molar-refractivity contribution is 6.04. The van der Waals surface area contributed by atoms with Crippen LogP contribution in [0.2, 0.25) is 0 Å². The van der Waals surface area contributed by atoms with Crippen molar-refractivity contribution in [3.63, 3.8) is 0 Å². The van der Waals surface area contributed by atoms with Gasteiger partial charge in [-0.25, -0.2) is 0 Å². The van der Waals surface area contributed by atoms with Crippen LogP contribution in [-0.4, -0.2) is 47.8 Å². The van der Waals surface area contributed by atoms with Gasteiger partial charge in [0.25, 0.3) is 11.6 Å². The van der Waals surface area contributed by atoms with Gasteiger partial charge in [0, 0.05) is 60.8 Å². The van der Waals surface area contributed by atoms with Gasteiger partial charge in [-0.3, -0.25) is 19.7 Å². The van der Waals surface area contributed by atoms with Crippen LogP contribution in [-0.2, 0) is 4.79 Å². The number of nitro groups is 1. The van der Waals surface area contributed by atoms with Gasteiger partial charge in [-0.05, 0) is 55.0 Å². The first-order valence-corrected chi connectivity index (χ1v) is 11.3. The van der Waals surface area contributed by atoms with Crippen LogP contribution in [0.4, 0.5) is 17.1 Å². The Kier molecular flexibility index (Phi) is 7.21. The van der Waals surface area contributed by atoms with Crippen LogP contribution >= 0.6 is 0 Å². The second-order valence-corrected chi connectivity index (χ2v) is 8.32. The molecule has 3 aromatic carbocycles. The van der Waals surface area contributed by atoms with E-state index < -0.39 is 4.92 Å². The molecule has 1 fully saturated rings. The Morgan fingerprint density at radius 2 is 1.63 bits per heavy atom. The van der Waals surface area contributed by atoms with Gasteiger partial charge >= 0.3 is 0 Å². The number of carbonyl (C=O) groups is 2. The SMILES string of the molecule is Cc1cc(C(=O)Nc2ccc(N3CCN(C(=O)/C=C/c4ccccc4)CC3)cc2)ccc1[N+](=O)[O-]. The van der Waals surface area contributed by atoms with Gasteiger partial charge in [-0.15, -0.1) is 0 Å². The van der Waals surface area contributed by atoms with E-state index in [0.717, 1.165) is 24.3 Å². The molecule has 1 aliphatic heterocycles. The number of piperazine rings is 1. The number of nitro benzene ring substituents is 1. The van der Waals surface area contributed by atoms with Crippen molar-refractivity contribution < 1.29 is 14.5 Å². The molecule has 1 N–H and O–H groups in total. The lowest BCUT2D eigenvalue weighted by atomic mass is 10.1. The predicted molar refractivity (Wildman–Crippen MR) is 136 cm³/mol. The van der Waals surface area contributed by atoms with E-state index in [-0.39, 0.29) is 17.5 Å². The maximum Gasteiger partial charge on any atom is 0.272 e. The monoisotopic (exact) mass is 470 g/mol. The van der Waals surface area contributed by atoms with E-state index in [0.29, 0.717) is 29.9 Å². The minimum absolute atomic E-state index is 0.00745. The summed E-state index contributed by atoms with van der Waals surface area (Å²) in [6.07, 6.45) is 3.45. The molecular formula is C27H26N4O4. The number of hydrogen-bond donors (Lipinski definition) is 1. The van der Waals surface area contributed by atoms with Crippen LogP contribution in [0.1, 0.15) is 21.5 Å². The van der Waals surface area contributed by atoms with Gasteiger partial charge < -0.3 is 15.1 Å². The van der Waals surface area contributed by atoms with E-state index in [4.69, 9.17) is 0 Å². The van der Waals surface area contributed by atoms with Crippen LogP contribution in [0.25, 0.3) is 6.08 Å². The van der Waals surface area contributed by atoms with Crippen LogP contribution in [0, 0.1) is 17.0 Å². The van der Waals surface area contributed by atoms with E-state index in [1.165, 1.54) is 18.2 Å². The van der Waals surface area contributed by atoms with E-state index in [2.05, 4.69) is 10.2 Å². The normalized spacial score (nSPS) is 13.6. The van der Waals surface area contributed by atoms with Crippen molar-refractivity contribution >= 4 is 35.0 Å². The van der Waals surface area contributed by atoms with Crippen LogP contribution in [0.5, 0.6) is 0 Å². The first-order chi connectivity index (χ1) is 16.9. The Hall–Kier alpha value is -4.46. The zero-order valence-electron chi connectivity index (χ0n) is 19.4. The van der Waals surface area contributed by atoms with Crippen molar-refractivity contribution in [2.45, 2.75) is 6.92 Å². The Balaban J connectivity index is 1.30. The van der Waals surface area contributed by atoms with E-state index in [1.807, 2.05) is 65.6 Å². The average Bonchev–Trinajstić information content (AvgIpc) is 2.88. The molecular weight excluding hydrogens is 444 g/mol. The van der Waals surface area contributed by atoms with Gasteiger partial charge in [0.05, 0.1) is 4.92 Å². The summed E-state index contributed by atoms with van der Waals surface area (Å²) in [7, 11) is 0. The minimum Gasteiger partial charge on any atom is -0.368 e. The molecule has 8 heteroatoms. The number of anilines is 2. The van der Waals surface area contributed by atoms with Crippen LogP contribution < -0.4 is 10.2 Å². The second kappa shape index (κ2) is 10.6. The summed E-state index contributed by atoms with van der Waals surface area (Å²) in [6, 6.07) is 21.6. The number of nitrogens with one attached hydrogen (secondary N) is 1. The number of nitrogens with zero attached hydrogens (tertiary/aromatic N) is 3. The summed E-state index contributed by atoms with van der Waals surface area (Å²) in [6.45, 7) is 4.32. The first-order valence-electron chi connectivity index (χ1n) is 11.3. The molecule has 3 aromatic rings. The molecule has 0 aliphatic carbocycles. The molecule has 4 rings (SSSR count). The van der Waals surface area contributed by atoms with Gasteiger partial charge in [0.15, 0.2) is 0 Å². The first kappa shape index (κ1) is 23.7. The number of amides is 2. The predicted octanol–water partition coefficient (Wildman–Crippen LogP) is 4.52. The molecule has 0 bridgehead atoms. The summed E-state index contributed by atoms with van der Waals surface area (Å²) < 4.78 is 0. The van der Waals surface area contributed by atoms with Gasteiger partial charge in [0.1, 0.15) is 0 Å². The molecule has 1 heterocycles. The highest BCUT2D eigenvalue weighted by Crippen LogP contribution is 2.22. The van der Waals surface area contributed by atoms with Gasteiger partial charge in [-0.1, -0.05) is 30.3 Å². The third kappa shape index (κ3) is 5.92.